The van der Waals surface area contributed by atoms with E-state index in [1.807, 2.05) is 0 Å². The van der Waals surface area contributed by atoms with Gasteiger partial charge in [-0.2, -0.15) is 0 Å². The standard InChI is InChI=1S/C8H12N2O3S/c1-5(2)9-8(10-6(3)11)14-4-7(12)13/h1,4H2,2-3H3,(H,12,13)(H,9,10,11). The van der Waals surface area contributed by atoms with Crippen molar-refractivity contribution in [3.63, 3.8) is 0 Å². The fourth-order valence-electron chi connectivity index (χ4n) is 0.550. The molecule has 0 aromatic carbocycles. The summed E-state index contributed by atoms with van der Waals surface area (Å²) in [6, 6.07) is 0. The Morgan fingerprint density at radius 1 is 1.50 bits per heavy atom. The van der Waals surface area contributed by atoms with Crippen LogP contribution in [0.5, 0.6) is 0 Å². The molecule has 0 unspecified atom stereocenters. The molecule has 0 aromatic rings. The normalized spacial score (nSPS) is 10.9. The summed E-state index contributed by atoms with van der Waals surface area (Å²) in [4.78, 5) is 24.8. The maximum absolute atomic E-state index is 10.7. The predicted molar refractivity (Wildman–Crippen MR) is 56.2 cm³/mol. The largest absolute Gasteiger partial charge is 0.481 e. The second kappa shape index (κ2) is 6.20. The van der Waals surface area contributed by atoms with Crippen molar-refractivity contribution in [3.05, 3.63) is 12.3 Å². The number of amidine groups is 1. The minimum Gasteiger partial charge on any atom is -0.481 e. The predicted octanol–water partition coefficient (Wildman–Crippen LogP) is 0.830. The van der Waals surface area contributed by atoms with E-state index < -0.39 is 5.97 Å². The average molecular weight is 216 g/mol. The maximum Gasteiger partial charge on any atom is 0.313 e. The first-order valence-electron chi connectivity index (χ1n) is 3.78. The second-order valence-corrected chi connectivity index (χ2v) is 3.48. The summed E-state index contributed by atoms with van der Waals surface area (Å²) < 4.78 is 0. The zero-order valence-electron chi connectivity index (χ0n) is 8.03. The lowest BCUT2D eigenvalue weighted by Gasteiger charge is -2.04. The molecule has 14 heavy (non-hydrogen) atoms. The number of rotatable bonds is 3. The number of carboxylic acids is 1. The SMILES string of the molecule is C=C(C)N=C(NC(C)=O)SCC(=O)O. The van der Waals surface area contributed by atoms with Crippen LogP contribution in [0.25, 0.3) is 0 Å². The fourth-order valence-corrected chi connectivity index (χ4v) is 1.25. The van der Waals surface area contributed by atoms with E-state index in [1.165, 1.54) is 6.92 Å². The lowest BCUT2D eigenvalue weighted by Crippen LogP contribution is -2.26. The number of hydrogen-bond acceptors (Lipinski definition) is 4. The maximum atomic E-state index is 10.7. The molecule has 5 nitrogen and oxygen atoms in total. The highest BCUT2D eigenvalue weighted by Crippen LogP contribution is 2.04. The number of carboxylic acid groups (broad SMARTS) is 1. The Balaban J connectivity index is 4.32. The molecule has 1 amide bonds. The van der Waals surface area contributed by atoms with Gasteiger partial charge in [-0.25, -0.2) is 4.99 Å². The molecular weight excluding hydrogens is 204 g/mol. The highest BCUT2D eigenvalue weighted by Gasteiger charge is 2.05. The van der Waals surface area contributed by atoms with Crippen molar-refractivity contribution in [1.82, 2.24) is 5.32 Å². The van der Waals surface area contributed by atoms with Crippen molar-refractivity contribution in [2.45, 2.75) is 13.8 Å². The van der Waals surface area contributed by atoms with Crippen molar-refractivity contribution in [2.75, 3.05) is 5.75 Å². The van der Waals surface area contributed by atoms with E-state index in [0.717, 1.165) is 11.8 Å². The quantitative estimate of drug-likeness (QED) is 0.541. The minimum atomic E-state index is -0.963. The molecule has 0 aliphatic carbocycles. The van der Waals surface area contributed by atoms with Crippen LogP contribution in [0.4, 0.5) is 0 Å². The number of carbonyl (C=O) groups excluding carboxylic acids is 1. The first kappa shape index (κ1) is 12.7. The third kappa shape index (κ3) is 7.35. The summed E-state index contributed by atoms with van der Waals surface area (Å²) >= 11 is 0.944. The van der Waals surface area contributed by atoms with E-state index in [4.69, 9.17) is 5.11 Å². The van der Waals surface area contributed by atoms with Gasteiger partial charge in [0.1, 0.15) is 0 Å². The molecule has 0 saturated carbocycles. The number of hydrogen-bond donors (Lipinski definition) is 2. The van der Waals surface area contributed by atoms with Crippen LogP contribution in [0.2, 0.25) is 0 Å². The summed E-state index contributed by atoms with van der Waals surface area (Å²) in [5.74, 6) is -1.40. The summed E-state index contributed by atoms with van der Waals surface area (Å²) in [5.41, 5.74) is 0.506. The van der Waals surface area contributed by atoms with Crippen molar-refractivity contribution in [3.8, 4) is 0 Å². The Hall–Kier alpha value is -1.30. The van der Waals surface area contributed by atoms with Crippen molar-refractivity contribution < 1.29 is 14.7 Å². The Kier molecular flexibility index (Phi) is 5.62. The van der Waals surface area contributed by atoms with Gasteiger partial charge in [-0.1, -0.05) is 18.3 Å². The van der Waals surface area contributed by atoms with Crippen molar-refractivity contribution in [2.24, 2.45) is 4.99 Å². The van der Waals surface area contributed by atoms with Gasteiger partial charge in [-0.3, -0.25) is 9.59 Å². The van der Waals surface area contributed by atoms with Gasteiger partial charge in [0.15, 0.2) is 5.17 Å². The molecule has 0 saturated heterocycles. The molecule has 2 N–H and O–H groups in total. The molecule has 6 heteroatoms. The average Bonchev–Trinajstić information content (AvgIpc) is 1.97. The van der Waals surface area contributed by atoms with Crippen LogP contribution in [0.15, 0.2) is 17.3 Å². The zero-order valence-corrected chi connectivity index (χ0v) is 8.85. The van der Waals surface area contributed by atoms with E-state index in [1.54, 1.807) is 6.92 Å². The number of nitrogens with one attached hydrogen (secondary N) is 1. The van der Waals surface area contributed by atoms with Crippen LogP contribution >= 0.6 is 11.8 Å². The van der Waals surface area contributed by atoms with Crippen LogP contribution in [0, 0.1) is 0 Å². The highest BCUT2D eigenvalue weighted by atomic mass is 32.2. The first-order chi connectivity index (χ1) is 6.41. The van der Waals surface area contributed by atoms with E-state index in [9.17, 15) is 9.59 Å². The molecule has 0 bridgehead atoms. The molecule has 0 fully saturated rings. The lowest BCUT2D eigenvalue weighted by molar-refractivity contribution is -0.133. The number of aliphatic carboxylic acids is 1. The van der Waals surface area contributed by atoms with Gasteiger partial charge in [0.25, 0.3) is 0 Å². The number of aliphatic imine (C=N–C) groups is 1. The van der Waals surface area contributed by atoms with Gasteiger partial charge in [-0.05, 0) is 6.92 Å². The lowest BCUT2D eigenvalue weighted by atomic mass is 10.6. The Bertz CT molecular complexity index is 286. The van der Waals surface area contributed by atoms with Crippen LogP contribution in [0.1, 0.15) is 13.8 Å². The van der Waals surface area contributed by atoms with Gasteiger partial charge >= 0.3 is 5.97 Å². The molecule has 0 aliphatic heterocycles. The van der Waals surface area contributed by atoms with Gasteiger partial charge in [0, 0.05) is 12.6 Å². The molecule has 0 rings (SSSR count). The van der Waals surface area contributed by atoms with Gasteiger partial charge in [0.2, 0.25) is 5.91 Å². The smallest absolute Gasteiger partial charge is 0.313 e. The molecule has 0 aromatic heterocycles. The summed E-state index contributed by atoms with van der Waals surface area (Å²) in [7, 11) is 0. The Morgan fingerprint density at radius 2 is 2.07 bits per heavy atom. The van der Waals surface area contributed by atoms with E-state index >= 15 is 0 Å². The number of nitrogens with zero attached hydrogens (tertiary/aromatic N) is 1. The highest BCUT2D eigenvalue weighted by molar-refractivity contribution is 8.14. The number of thioether (sulfide) groups is 1. The van der Waals surface area contributed by atoms with Crippen molar-refractivity contribution in [1.29, 1.82) is 0 Å². The van der Waals surface area contributed by atoms with Crippen LogP contribution < -0.4 is 5.32 Å². The molecule has 0 heterocycles. The minimum absolute atomic E-state index is 0.146. The molecule has 0 atom stereocenters. The topological polar surface area (TPSA) is 78.8 Å². The molecular formula is C8H12N2O3S. The molecule has 0 spiro atoms. The molecule has 0 radical (unpaired) electrons. The molecule has 0 aliphatic rings. The number of amides is 1. The third-order valence-electron chi connectivity index (χ3n) is 0.908. The van der Waals surface area contributed by atoms with Crippen molar-refractivity contribution >= 4 is 28.8 Å². The molecule has 78 valence electrons. The second-order valence-electron chi connectivity index (χ2n) is 2.52. The number of allylic oxidation sites excluding steroid dienone is 1. The Morgan fingerprint density at radius 3 is 2.43 bits per heavy atom. The van der Waals surface area contributed by atoms with Gasteiger partial charge in [-0.15, -0.1) is 0 Å². The van der Waals surface area contributed by atoms with Crippen LogP contribution in [-0.4, -0.2) is 27.9 Å². The third-order valence-corrected chi connectivity index (χ3v) is 1.77. The van der Waals surface area contributed by atoms with E-state index in [0.29, 0.717) is 5.70 Å². The van der Waals surface area contributed by atoms with Gasteiger partial charge < -0.3 is 10.4 Å². The monoisotopic (exact) mass is 216 g/mol. The van der Waals surface area contributed by atoms with E-state index in [-0.39, 0.29) is 16.8 Å². The zero-order chi connectivity index (χ0) is 11.1. The van der Waals surface area contributed by atoms with Crippen LogP contribution in [0.3, 0.4) is 0 Å². The van der Waals surface area contributed by atoms with Gasteiger partial charge in [0.05, 0.1) is 5.75 Å². The number of carbonyl (C=O) groups is 2. The first-order valence-corrected chi connectivity index (χ1v) is 4.76. The fraction of sp³-hybridized carbons (Fsp3) is 0.375. The summed E-state index contributed by atoms with van der Waals surface area (Å²) in [6.45, 7) is 6.51. The van der Waals surface area contributed by atoms with E-state index in [2.05, 4.69) is 16.9 Å². The van der Waals surface area contributed by atoms with Crippen LogP contribution in [-0.2, 0) is 9.59 Å². The Labute approximate surface area is 86.3 Å². The summed E-state index contributed by atoms with van der Waals surface area (Å²) in [6.07, 6.45) is 0. The summed E-state index contributed by atoms with van der Waals surface area (Å²) in [5, 5.41) is 11.1.